The number of carbonyl (C=O) groups excluding carboxylic acids is 1. The molecular weight excluding hydrogens is 192 g/mol. The maximum atomic E-state index is 11.3. The van der Waals surface area contributed by atoms with E-state index in [1.54, 1.807) is 0 Å². The third kappa shape index (κ3) is 1.19. The van der Waals surface area contributed by atoms with Crippen LogP contribution < -0.4 is 5.11 Å². The number of carboxylic acid groups (broad SMARTS) is 1. The van der Waals surface area contributed by atoms with Gasteiger partial charge in [0, 0.05) is 11.4 Å². The molecule has 3 heteroatoms. The molecule has 4 fully saturated rings. The number of hydrogen-bond acceptors (Lipinski definition) is 3. The molecular formula is C12H17O3-. The van der Waals surface area contributed by atoms with Gasteiger partial charge in [-0.15, -0.1) is 0 Å². The predicted molar refractivity (Wildman–Crippen MR) is 51.7 cm³/mol. The molecule has 0 spiro atoms. The highest BCUT2D eigenvalue weighted by molar-refractivity contribution is 5.73. The Bertz CT molecular complexity index is 318. The van der Waals surface area contributed by atoms with Crippen LogP contribution in [0.1, 0.15) is 45.4 Å². The van der Waals surface area contributed by atoms with Gasteiger partial charge in [-0.05, 0) is 49.9 Å². The van der Waals surface area contributed by atoms with Crippen molar-refractivity contribution in [3.05, 3.63) is 0 Å². The normalized spacial score (nSPS) is 57.1. The maximum absolute atomic E-state index is 11.3. The summed E-state index contributed by atoms with van der Waals surface area (Å²) in [6, 6.07) is 0. The van der Waals surface area contributed by atoms with Crippen LogP contribution in [0.2, 0.25) is 0 Å². The minimum Gasteiger partial charge on any atom is -0.550 e. The number of hydrogen-bond donors (Lipinski definition) is 1. The first-order valence-electron chi connectivity index (χ1n) is 5.79. The van der Waals surface area contributed by atoms with E-state index in [0.717, 1.165) is 25.7 Å². The van der Waals surface area contributed by atoms with Crippen molar-refractivity contribution in [2.75, 3.05) is 0 Å². The van der Waals surface area contributed by atoms with Gasteiger partial charge in [-0.2, -0.15) is 0 Å². The Labute approximate surface area is 89.5 Å². The van der Waals surface area contributed by atoms with Crippen molar-refractivity contribution in [1.29, 1.82) is 0 Å². The number of rotatable bonds is 1. The van der Waals surface area contributed by atoms with Crippen LogP contribution in [0.15, 0.2) is 0 Å². The van der Waals surface area contributed by atoms with Gasteiger partial charge in [0.05, 0.1) is 5.60 Å². The second kappa shape index (κ2) is 2.40. The van der Waals surface area contributed by atoms with E-state index >= 15 is 0 Å². The lowest BCUT2D eigenvalue weighted by Crippen LogP contribution is -2.63. The molecule has 3 nitrogen and oxygen atoms in total. The van der Waals surface area contributed by atoms with E-state index < -0.39 is 17.0 Å². The average molecular weight is 209 g/mol. The van der Waals surface area contributed by atoms with Crippen LogP contribution >= 0.6 is 0 Å². The summed E-state index contributed by atoms with van der Waals surface area (Å²) < 4.78 is 0. The predicted octanol–water partition coefficient (Wildman–Crippen LogP) is 0.458. The van der Waals surface area contributed by atoms with Gasteiger partial charge in [0.25, 0.3) is 0 Å². The van der Waals surface area contributed by atoms with Gasteiger partial charge in [0.1, 0.15) is 0 Å². The smallest absolute Gasteiger partial charge is 0.0664 e. The zero-order valence-corrected chi connectivity index (χ0v) is 9.08. The third-order valence-electron chi connectivity index (χ3n) is 4.75. The van der Waals surface area contributed by atoms with Crippen molar-refractivity contribution in [2.24, 2.45) is 16.7 Å². The Morgan fingerprint density at radius 1 is 1.27 bits per heavy atom. The standard InChI is InChI=1S/C12H18O3/c1-10-2-8-3-11(5-10,9(13)14)7-12(15,4-8)6-10/h8,15H,2-7H2,1H3,(H,13,14)/p-1/t8-,10-,11-,12+/m0/s1. The van der Waals surface area contributed by atoms with E-state index in [9.17, 15) is 15.0 Å². The highest BCUT2D eigenvalue weighted by atomic mass is 16.4. The van der Waals surface area contributed by atoms with Crippen LogP contribution in [-0.4, -0.2) is 16.7 Å². The lowest BCUT2D eigenvalue weighted by molar-refractivity contribution is -0.334. The third-order valence-corrected chi connectivity index (χ3v) is 4.75. The Morgan fingerprint density at radius 2 is 2.00 bits per heavy atom. The highest BCUT2D eigenvalue weighted by Crippen LogP contribution is 2.66. The van der Waals surface area contributed by atoms with Gasteiger partial charge in [-0.3, -0.25) is 0 Å². The Kier molecular flexibility index (Phi) is 1.54. The number of carboxylic acids is 1. The maximum Gasteiger partial charge on any atom is 0.0664 e. The summed E-state index contributed by atoms with van der Waals surface area (Å²) >= 11 is 0. The van der Waals surface area contributed by atoms with Crippen molar-refractivity contribution in [1.82, 2.24) is 0 Å². The number of aliphatic hydroxyl groups is 1. The fraction of sp³-hybridized carbons (Fsp3) is 0.917. The highest BCUT2D eigenvalue weighted by Gasteiger charge is 2.61. The van der Waals surface area contributed by atoms with Crippen LogP contribution in [0.4, 0.5) is 0 Å². The van der Waals surface area contributed by atoms with Crippen molar-refractivity contribution < 1.29 is 15.0 Å². The van der Waals surface area contributed by atoms with Crippen LogP contribution in [0, 0.1) is 16.7 Å². The van der Waals surface area contributed by atoms with E-state index in [2.05, 4.69) is 6.92 Å². The molecule has 4 atom stereocenters. The first-order valence-corrected chi connectivity index (χ1v) is 5.79. The molecule has 84 valence electrons. The quantitative estimate of drug-likeness (QED) is 0.682. The van der Waals surface area contributed by atoms with Crippen molar-refractivity contribution in [3.63, 3.8) is 0 Å². The summed E-state index contributed by atoms with van der Waals surface area (Å²) in [5.41, 5.74) is -1.40. The van der Waals surface area contributed by atoms with Gasteiger partial charge < -0.3 is 15.0 Å². The summed E-state index contributed by atoms with van der Waals surface area (Å²) in [6.45, 7) is 2.13. The molecule has 4 aliphatic rings. The summed E-state index contributed by atoms with van der Waals surface area (Å²) in [4.78, 5) is 11.3. The molecule has 4 bridgehead atoms. The van der Waals surface area contributed by atoms with E-state index in [1.807, 2.05) is 0 Å². The summed E-state index contributed by atoms with van der Waals surface area (Å²) in [5.74, 6) is -0.537. The van der Waals surface area contributed by atoms with Crippen molar-refractivity contribution in [3.8, 4) is 0 Å². The monoisotopic (exact) mass is 209 g/mol. The fourth-order valence-corrected chi connectivity index (χ4v) is 5.09. The first kappa shape index (κ1) is 9.64. The Balaban J connectivity index is 2.05. The second-order valence-corrected chi connectivity index (χ2v) is 6.61. The number of aliphatic carboxylic acids is 1. The van der Waals surface area contributed by atoms with Gasteiger partial charge in [0.15, 0.2) is 0 Å². The molecule has 0 heterocycles. The zero-order valence-electron chi connectivity index (χ0n) is 9.08. The minimum absolute atomic E-state index is 0.0359. The first-order chi connectivity index (χ1) is 6.85. The van der Waals surface area contributed by atoms with E-state index in [4.69, 9.17) is 0 Å². The molecule has 4 aliphatic carbocycles. The summed E-state index contributed by atoms with van der Waals surface area (Å²) in [5, 5.41) is 21.7. The van der Waals surface area contributed by atoms with Gasteiger partial charge in [0.2, 0.25) is 0 Å². The molecule has 0 radical (unpaired) electrons. The largest absolute Gasteiger partial charge is 0.550 e. The van der Waals surface area contributed by atoms with Crippen LogP contribution in [0.3, 0.4) is 0 Å². The zero-order chi connectivity index (χ0) is 10.9. The van der Waals surface area contributed by atoms with Crippen molar-refractivity contribution in [2.45, 2.75) is 51.0 Å². The van der Waals surface area contributed by atoms with Crippen LogP contribution in [0.5, 0.6) is 0 Å². The lowest BCUT2D eigenvalue weighted by Gasteiger charge is -2.64. The Morgan fingerprint density at radius 3 is 2.53 bits per heavy atom. The number of carbonyl (C=O) groups is 1. The van der Waals surface area contributed by atoms with Gasteiger partial charge in [-0.1, -0.05) is 6.92 Å². The molecule has 15 heavy (non-hydrogen) atoms. The van der Waals surface area contributed by atoms with Crippen LogP contribution in [0.25, 0.3) is 0 Å². The molecule has 0 aromatic carbocycles. The molecule has 0 aromatic heterocycles. The summed E-state index contributed by atoms with van der Waals surface area (Å²) in [7, 11) is 0. The molecule has 0 saturated heterocycles. The van der Waals surface area contributed by atoms with E-state index in [-0.39, 0.29) is 5.41 Å². The SMILES string of the molecule is C[C@@]12C[C@@H]3C[C@@](O)(C1)C[C@](C(=O)[O-])(C3)C2. The molecule has 0 aromatic rings. The van der Waals surface area contributed by atoms with Gasteiger partial charge in [-0.25, -0.2) is 0 Å². The molecule has 0 aliphatic heterocycles. The molecule has 4 rings (SSSR count). The molecule has 0 amide bonds. The van der Waals surface area contributed by atoms with E-state index in [1.165, 1.54) is 0 Å². The molecule has 0 unspecified atom stereocenters. The van der Waals surface area contributed by atoms with Crippen LogP contribution in [-0.2, 0) is 4.79 Å². The molecule has 1 N–H and O–H groups in total. The average Bonchev–Trinajstić information content (AvgIpc) is 1.95. The topological polar surface area (TPSA) is 60.4 Å². The lowest BCUT2D eigenvalue weighted by atomic mass is 9.43. The summed E-state index contributed by atoms with van der Waals surface area (Å²) in [6.07, 6.45) is 4.54. The Hall–Kier alpha value is -0.570. The minimum atomic E-state index is -0.934. The van der Waals surface area contributed by atoms with Crippen molar-refractivity contribution >= 4 is 5.97 Å². The van der Waals surface area contributed by atoms with E-state index in [0.29, 0.717) is 18.8 Å². The van der Waals surface area contributed by atoms with Gasteiger partial charge >= 0.3 is 0 Å². The molecule has 4 saturated carbocycles. The fourth-order valence-electron chi connectivity index (χ4n) is 5.09. The second-order valence-electron chi connectivity index (χ2n) is 6.61.